The highest BCUT2D eigenvalue weighted by Gasteiger charge is 1.97. The van der Waals surface area contributed by atoms with E-state index in [4.69, 9.17) is 4.74 Å². The van der Waals surface area contributed by atoms with Crippen LogP contribution < -0.4 is 0 Å². The van der Waals surface area contributed by atoms with Gasteiger partial charge < -0.3 is 20.2 Å². The molecule has 0 unspecified atom stereocenters. The standard InChI is InChI=1S/C8H13O2S/c1-5-11(4)6-10-8(9)7(2)3/h2,6H2,1,3-4H3/q-1. The van der Waals surface area contributed by atoms with Crippen LogP contribution in [0.3, 0.4) is 0 Å². The number of ether oxygens (including phenoxy) is 1. The fourth-order valence-electron chi connectivity index (χ4n) is 0.324. The van der Waals surface area contributed by atoms with E-state index in [2.05, 4.69) is 11.8 Å². The predicted octanol–water partition coefficient (Wildman–Crippen LogP) is 1.29. The van der Waals surface area contributed by atoms with Gasteiger partial charge in [-0.05, 0) is 13.8 Å². The van der Waals surface area contributed by atoms with Crippen LogP contribution in [0.2, 0.25) is 0 Å². The minimum atomic E-state index is -0.320. The van der Waals surface area contributed by atoms with Crippen molar-refractivity contribution in [3.05, 3.63) is 12.2 Å². The third-order valence-corrected chi connectivity index (χ3v) is 2.23. The van der Waals surface area contributed by atoms with Crippen LogP contribution in [-0.4, -0.2) is 18.2 Å². The van der Waals surface area contributed by atoms with Gasteiger partial charge in [-0.2, -0.15) is 0 Å². The van der Waals surface area contributed by atoms with Crippen LogP contribution in [0.1, 0.15) is 13.8 Å². The summed E-state index contributed by atoms with van der Waals surface area (Å²) in [6, 6.07) is 0. The molecule has 0 aliphatic carbocycles. The van der Waals surface area contributed by atoms with E-state index >= 15 is 0 Å². The molecule has 0 saturated heterocycles. The molecule has 0 aliphatic heterocycles. The summed E-state index contributed by atoms with van der Waals surface area (Å²) in [4.78, 5) is 10.8. The van der Waals surface area contributed by atoms with Crippen molar-refractivity contribution in [1.29, 1.82) is 0 Å². The number of carbonyl (C=O) groups is 1. The number of carbonyl (C=O) groups excluding carboxylic acids is 1. The molecule has 0 atom stereocenters. The quantitative estimate of drug-likeness (QED) is 0.357. The molecule has 64 valence electrons. The van der Waals surface area contributed by atoms with Gasteiger partial charge in [0.25, 0.3) is 0 Å². The van der Waals surface area contributed by atoms with Gasteiger partial charge in [-0.15, -0.1) is 6.26 Å². The first-order chi connectivity index (χ1) is 5.07. The Morgan fingerprint density at radius 1 is 1.73 bits per heavy atom. The second kappa shape index (κ2) is 5.05. The van der Waals surface area contributed by atoms with Gasteiger partial charge >= 0.3 is 5.97 Å². The van der Waals surface area contributed by atoms with Crippen LogP contribution in [0.5, 0.6) is 0 Å². The van der Waals surface area contributed by atoms with E-state index < -0.39 is 0 Å². The van der Waals surface area contributed by atoms with Crippen molar-refractivity contribution in [2.24, 2.45) is 0 Å². The van der Waals surface area contributed by atoms with E-state index in [1.807, 2.05) is 13.2 Å². The maximum absolute atomic E-state index is 10.8. The smallest absolute Gasteiger partial charge is 0.331 e. The molecule has 2 nitrogen and oxygen atoms in total. The van der Waals surface area contributed by atoms with Crippen molar-refractivity contribution in [3.63, 3.8) is 0 Å². The fourth-order valence-corrected chi connectivity index (χ4v) is 0.726. The highest BCUT2D eigenvalue weighted by molar-refractivity contribution is 7.85. The van der Waals surface area contributed by atoms with E-state index in [1.165, 1.54) is 0 Å². The van der Waals surface area contributed by atoms with Crippen LogP contribution in [-0.2, 0) is 19.8 Å². The lowest BCUT2D eigenvalue weighted by molar-refractivity contribution is -0.136. The lowest BCUT2D eigenvalue weighted by Gasteiger charge is -2.11. The summed E-state index contributed by atoms with van der Waals surface area (Å²) < 4.78 is 4.87. The van der Waals surface area contributed by atoms with Crippen molar-refractivity contribution in [2.75, 3.05) is 12.2 Å². The van der Waals surface area contributed by atoms with Gasteiger partial charge in [0.1, 0.15) is 0 Å². The Morgan fingerprint density at radius 3 is 2.64 bits per heavy atom. The molecule has 0 spiro atoms. The topological polar surface area (TPSA) is 26.3 Å². The summed E-state index contributed by atoms with van der Waals surface area (Å²) in [6.07, 6.45) is 1.96. The Labute approximate surface area is 69.8 Å². The van der Waals surface area contributed by atoms with Crippen LogP contribution in [0.15, 0.2) is 12.2 Å². The van der Waals surface area contributed by atoms with Crippen LogP contribution >= 0.6 is 0 Å². The van der Waals surface area contributed by atoms with Crippen LogP contribution in [0, 0.1) is 5.18 Å². The van der Waals surface area contributed by atoms with Crippen molar-refractivity contribution in [1.82, 2.24) is 0 Å². The predicted molar refractivity (Wildman–Crippen MR) is 48.6 cm³/mol. The molecule has 0 aromatic heterocycles. The SMILES string of the molecule is C=C(C)C(=O)OC[S-](C)#CC. The average molecular weight is 173 g/mol. The number of esters is 1. The first-order valence-electron chi connectivity index (χ1n) is 3.20. The third kappa shape index (κ3) is 4.71. The largest absolute Gasteiger partial charge is 0.485 e. The summed E-state index contributed by atoms with van der Waals surface area (Å²) in [5.41, 5.74) is 0.443. The molecule has 0 radical (unpaired) electrons. The fraction of sp³-hybridized carbons (Fsp3) is 0.500. The molecule has 0 aromatic rings. The van der Waals surface area contributed by atoms with Gasteiger partial charge in [-0.3, -0.25) is 0 Å². The zero-order valence-corrected chi connectivity index (χ0v) is 7.96. The molecule has 3 heteroatoms. The maximum atomic E-state index is 10.8. The zero-order valence-electron chi connectivity index (χ0n) is 7.14. The first-order valence-corrected chi connectivity index (χ1v) is 5.00. The maximum Gasteiger partial charge on any atom is 0.331 e. The molecule has 0 bridgehead atoms. The lowest BCUT2D eigenvalue weighted by atomic mass is 10.4. The monoisotopic (exact) mass is 173 g/mol. The first kappa shape index (κ1) is 10.3. The molecule has 11 heavy (non-hydrogen) atoms. The summed E-state index contributed by atoms with van der Waals surface area (Å²) in [7, 11) is -0.0483. The normalized spacial score (nSPS) is 9.09. The Bertz CT molecular complexity index is 242. The highest BCUT2D eigenvalue weighted by Crippen LogP contribution is 1.92. The molecule has 0 N–H and O–H groups in total. The molecule has 0 rings (SSSR count). The van der Waals surface area contributed by atoms with E-state index in [9.17, 15) is 4.79 Å². The molecular formula is C8H13O2S-. The van der Waals surface area contributed by atoms with Gasteiger partial charge in [0.05, 0.1) is 0 Å². The number of hydrogen-bond donors (Lipinski definition) is 0. The Balaban J connectivity index is 3.79. The van der Waals surface area contributed by atoms with E-state index in [-0.39, 0.29) is 16.3 Å². The second-order valence-corrected chi connectivity index (χ2v) is 4.09. The van der Waals surface area contributed by atoms with Crippen molar-refractivity contribution >= 4 is 16.3 Å². The van der Waals surface area contributed by atoms with Crippen molar-refractivity contribution in [3.8, 4) is 5.18 Å². The molecule has 0 saturated carbocycles. The second-order valence-electron chi connectivity index (χ2n) is 2.17. The van der Waals surface area contributed by atoms with Gasteiger partial charge in [0, 0.05) is 11.5 Å². The molecule has 0 aliphatic rings. The van der Waals surface area contributed by atoms with Gasteiger partial charge in [0.2, 0.25) is 0 Å². The zero-order chi connectivity index (χ0) is 8.85. The van der Waals surface area contributed by atoms with Gasteiger partial charge in [-0.25, -0.2) is 4.79 Å². The highest BCUT2D eigenvalue weighted by atomic mass is 32.2. The molecule has 0 aromatic carbocycles. The van der Waals surface area contributed by atoms with E-state index in [0.717, 1.165) is 0 Å². The van der Waals surface area contributed by atoms with Gasteiger partial charge in [0.15, 0.2) is 0 Å². The molecule has 0 amide bonds. The minimum absolute atomic E-state index is 0.0483. The Hall–Kier alpha value is -0.660. The number of hydrogen-bond acceptors (Lipinski definition) is 3. The molecule has 0 fully saturated rings. The summed E-state index contributed by atoms with van der Waals surface area (Å²) in [6.45, 7) is 6.93. The summed E-state index contributed by atoms with van der Waals surface area (Å²) >= 11 is 0. The third-order valence-electron chi connectivity index (χ3n) is 1.06. The van der Waals surface area contributed by atoms with Crippen LogP contribution in [0.25, 0.3) is 0 Å². The Kier molecular flexibility index (Phi) is 4.75. The van der Waals surface area contributed by atoms with E-state index in [1.54, 1.807) is 6.92 Å². The Morgan fingerprint density at radius 2 is 2.27 bits per heavy atom. The van der Waals surface area contributed by atoms with Crippen LogP contribution in [0.4, 0.5) is 0 Å². The lowest BCUT2D eigenvalue weighted by Crippen LogP contribution is -2.07. The average Bonchev–Trinajstić information content (AvgIpc) is 1.99. The minimum Gasteiger partial charge on any atom is -0.485 e. The van der Waals surface area contributed by atoms with E-state index in [0.29, 0.717) is 11.5 Å². The molecular weight excluding hydrogens is 160 g/mol. The van der Waals surface area contributed by atoms with Crippen molar-refractivity contribution in [2.45, 2.75) is 13.8 Å². The number of rotatable bonds is 2. The van der Waals surface area contributed by atoms with Gasteiger partial charge in [-0.1, -0.05) is 6.58 Å². The van der Waals surface area contributed by atoms with Crippen molar-refractivity contribution < 1.29 is 9.53 Å². The summed E-state index contributed by atoms with van der Waals surface area (Å²) in [5.74, 6) is 0.0990. The summed E-state index contributed by atoms with van der Waals surface area (Å²) in [5, 5.41) is 2.98. The molecule has 0 heterocycles.